The summed E-state index contributed by atoms with van der Waals surface area (Å²) in [6.07, 6.45) is 10.3. The Morgan fingerprint density at radius 3 is 1.75 bits per heavy atom. The molecule has 0 bridgehead atoms. The zero-order chi connectivity index (χ0) is 20.1. The van der Waals surface area contributed by atoms with E-state index in [4.69, 9.17) is 0 Å². The first-order valence-corrected chi connectivity index (χ1v) is 11.2. The van der Waals surface area contributed by atoms with Gasteiger partial charge in [0.2, 0.25) is 0 Å². The summed E-state index contributed by atoms with van der Waals surface area (Å²) in [5.41, 5.74) is -0.420. The Morgan fingerprint density at radius 2 is 1.29 bits per heavy atom. The van der Waals surface area contributed by atoms with Crippen molar-refractivity contribution in [1.29, 1.82) is 0 Å². The first-order valence-electron chi connectivity index (χ1n) is 11.2. The molecule has 0 radical (unpaired) electrons. The van der Waals surface area contributed by atoms with Crippen molar-refractivity contribution in [2.75, 3.05) is 0 Å². The van der Waals surface area contributed by atoms with Gasteiger partial charge in [-0.3, -0.25) is 0 Å². The molecule has 0 aromatic heterocycles. The van der Waals surface area contributed by atoms with Crippen LogP contribution in [-0.4, -0.2) is 0 Å². The van der Waals surface area contributed by atoms with Crippen LogP contribution in [0.15, 0.2) is 18.2 Å². The fourth-order valence-corrected chi connectivity index (χ4v) is 5.49. The number of benzene rings is 1. The van der Waals surface area contributed by atoms with Crippen LogP contribution in [0.1, 0.15) is 101 Å². The quantitative estimate of drug-likeness (QED) is 0.421. The molecule has 2 aliphatic rings. The standard InChI is InChI=1S/C24H34F4/c1-2-3-17-4-6-18(7-5-17)8-9-19-10-12-20(13-11-19)22-15-14-21(16-23(22)25)24(26,27)28/h14-20H,2-13H2,1H3. The van der Waals surface area contributed by atoms with Gasteiger partial charge in [-0.05, 0) is 67.1 Å². The third kappa shape index (κ3) is 5.73. The maximum Gasteiger partial charge on any atom is 0.416 e. The van der Waals surface area contributed by atoms with Crippen LogP contribution in [0.4, 0.5) is 17.6 Å². The fraction of sp³-hybridized carbons (Fsp3) is 0.750. The van der Waals surface area contributed by atoms with Gasteiger partial charge in [0.15, 0.2) is 0 Å². The summed E-state index contributed by atoms with van der Waals surface area (Å²) in [6, 6.07) is 3.05. The minimum atomic E-state index is -4.48. The molecular formula is C24H34F4. The first kappa shape index (κ1) is 21.6. The summed E-state index contributed by atoms with van der Waals surface area (Å²) in [5, 5.41) is 0. The van der Waals surface area contributed by atoms with Crippen molar-refractivity contribution in [2.24, 2.45) is 17.8 Å². The van der Waals surface area contributed by atoms with Crippen LogP contribution in [0.3, 0.4) is 0 Å². The molecular weight excluding hydrogens is 364 g/mol. The van der Waals surface area contributed by atoms with Crippen molar-refractivity contribution in [3.63, 3.8) is 0 Å². The Bertz CT molecular complexity index is 606. The van der Waals surface area contributed by atoms with Crippen molar-refractivity contribution in [3.8, 4) is 0 Å². The number of halogens is 4. The number of hydrogen-bond acceptors (Lipinski definition) is 0. The van der Waals surface area contributed by atoms with Crippen LogP contribution in [0.25, 0.3) is 0 Å². The van der Waals surface area contributed by atoms with Crippen LogP contribution in [-0.2, 0) is 6.18 Å². The summed E-state index contributed by atoms with van der Waals surface area (Å²) in [4.78, 5) is 0. The molecule has 4 heteroatoms. The topological polar surface area (TPSA) is 0 Å². The molecule has 0 N–H and O–H groups in total. The Hall–Kier alpha value is -1.06. The lowest BCUT2D eigenvalue weighted by Crippen LogP contribution is -2.18. The van der Waals surface area contributed by atoms with Crippen LogP contribution in [0.5, 0.6) is 0 Å². The van der Waals surface area contributed by atoms with Gasteiger partial charge in [-0.15, -0.1) is 0 Å². The highest BCUT2D eigenvalue weighted by atomic mass is 19.4. The van der Waals surface area contributed by atoms with Crippen molar-refractivity contribution < 1.29 is 17.6 Å². The lowest BCUT2D eigenvalue weighted by Gasteiger charge is -2.32. The van der Waals surface area contributed by atoms with E-state index in [1.54, 1.807) is 0 Å². The molecule has 28 heavy (non-hydrogen) atoms. The van der Waals surface area contributed by atoms with Crippen molar-refractivity contribution >= 4 is 0 Å². The summed E-state index contributed by atoms with van der Waals surface area (Å²) in [5.74, 6) is 1.93. The molecule has 0 spiro atoms. The normalized spacial score (nSPS) is 29.0. The van der Waals surface area contributed by atoms with E-state index in [1.165, 1.54) is 57.4 Å². The monoisotopic (exact) mass is 398 g/mol. The van der Waals surface area contributed by atoms with Gasteiger partial charge < -0.3 is 0 Å². The van der Waals surface area contributed by atoms with Crippen LogP contribution in [0.2, 0.25) is 0 Å². The maximum absolute atomic E-state index is 14.2. The van der Waals surface area contributed by atoms with Gasteiger partial charge in [0.25, 0.3) is 0 Å². The summed E-state index contributed by atoms with van der Waals surface area (Å²) in [7, 11) is 0. The first-order chi connectivity index (χ1) is 13.4. The molecule has 2 aliphatic carbocycles. The molecule has 3 rings (SSSR count). The average molecular weight is 399 g/mol. The van der Waals surface area contributed by atoms with Gasteiger partial charge in [0.1, 0.15) is 5.82 Å². The van der Waals surface area contributed by atoms with E-state index in [0.717, 1.165) is 43.6 Å². The van der Waals surface area contributed by atoms with Gasteiger partial charge in [-0.25, -0.2) is 4.39 Å². The van der Waals surface area contributed by atoms with E-state index in [1.807, 2.05) is 0 Å². The second kappa shape index (κ2) is 9.63. The molecule has 2 saturated carbocycles. The molecule has 2 fully saturated rings. The molecule has 0 heterocycles. The molecule has 0 nitrogen and oxygen atoms in total. The van der Waals surface area contributed by atoms with E-state index >= 15 is 0 Å². The Morgan fingerprint density at radius 1 is 0.786 bits per heavy atom. The Labute approximate surface area is 167 Å². The van der Waals surface area contributed by atoms with Gasteiger partial charge >= 0.3 is 6.18 Å². The smallest absolute Gasteiger partial charge is 0.207 e. The minimum absolute atomic E-state index is 0.0722. The molecule has 1 aromatic carbocycles. The molecule has 0 atom stereocenters. The third-order valence-electron chi connectivity index (χ3n) is 7.26. The predicted octanol–water partition coefficient (Wildman–Crippen LogP) is 8.51. The summed E-state index contributed by atoms with van der Waals surface area (Å²) < 4.78 is 52.4. The van der Waals surface area contributed by atoms with Crippen LogP contribution < -0.4 is 0 Å². The largest absolute Gasteiger partial charge is 0.416 e. The van der Waals surface area contributed by atoms with Crippen LogP contribution in [0, 0.1) is 23.6 Å². The molecule has 0 saturated heterocycles. The van der Waals surface area contributed by atoms with E-state index < -0.39 is 17.6 Å². The lowest BCUT2D eigenvalue weighted by molar-refractivity contribution is -0.137. The minimum Gasteiger partial charge on any atom is -0.207 e. The van der Waals surface area contributed by atoms with Crippen molar-refractivity contribution in [1.82, 2.24) is 0 Å². The molecule has 1 aromatic rings. The van der Waals surface area contributed by atoms with E-state index in [-0.39, 0.29) is 5.92 Å². The predicted molar refractivity (Wildman–Crippen MR) is 106 cm³/mol. The summed E-state index contributed by atoms with van der Waals surface area (Å²) in [6.45, 7) is 2.28. The maximum atomic E-state index is 14.2. The lowest BCUT2D eigenvalue weighted by atomic mass is 9.74. The van der Waals surface area contributed by atoms with Crippen LogP contribution >= 0.6 is 0 Å². The molecule has 158 valence electrons. The zero-order valence-electron chi connectivity index (χ0n) is 17.0. The summed E-state index contributed by atoms with van der Waals surface area (Å²) >= 11 is 0. The highest BCUT2D eigenvalue weighted by Crippen LogP contribution is 2.41. The van der Waals surface area contributed by atoms with Gasteiger partial charge in [-0.2, -0.15) is 13.2 Å². The Kier molecular flexibility index (Phi) is 7.44. The highest BCUT2D eigenvalue weighted by Gasteiger charge is 2.32. The van der Waals surface area contributed by atoms with Crippen molar-refractivity contribution in [3.05, 3.63) is 35.1 Å². The number of hydrogen-bond donors (Lipinski definition) is 0. The molecule has 0 aliphatic heterocycles. The molecule has 0 amide bonds. The average Bonchev–Trinajstić information content (AvgIpc) is 2.67. The van der Waals surface area contributed by atoms with E-state index in [9.17, 15) is 17.6 Å². The number of alkyl halides is 3. The van der Waals surface area contributed by atoms with Gasteiger partial charge in [0.05, 0.1) is 5.56 Å². The third-order valence-corrected chi connectivity index (χ3v) is 7.26. The SMILES string of the molecule is CCCC1CCC(CCC2CCC(c3ccc(C(F)(F)F)cc3F)CC2)CC1. The van der Waals surface area contributed by atoms with E-state index in [2.05, 4.69) is 6.92 Å². The van der Waals surface area contributed by atoms with Gasteiger partial charge in [0, 0.05) is 0 Å². The van der Waals surface area contributed by atoms with Crippen molar-refractivity contribution in [2.45, 2.75) is 96.1 Å². The second-order valence-corrected chi connectivity index (χ2v) is 9.20. The fourth-order valence-electron chi connectivity index (χ4n) is 5.49. The van der Waals surface area contributed by atoms with E-state index in [0.29, 0.717) is 17.5 Å². The Balaban J connectivity index is 1.43. The number of rotatable bonds is 6. The molecule has 0 unspecified atom stereocenters. The van der Waals surface area contributed by atoms with Gasteiger partial charge in [-0.1, -0.05) is 64.4 Å². The second-order valence-electron chi connectivity index (χ2n) is 9.20. The zero-order valence-corrected chi connectivity index (χ0v) is 17.0. The highest BCUT2D eigenvalue weighted by molar-refractivity contribution is 5.29.